The molecule has 0 spiro atoms. The molecule has 0 aliphatic heterocycles. The second kappa shape index (κ2) is 7.86. The van der Waals surface area contributed by atoms with E-state index < -0.39 is 0 Å². The second-order valence-corrected chi connectivity index (χ2v) is 9.61. The van der Waals surface area contributed by atoms with E-state index in [1.54, 1.807) is 0 Å². The minimum absolute atomic E-state index is 0.281. The van der Waals surface area contributed by atoms with E-state index in [4.69, 9.17) is 27.9 Å². The van der Waals surface area contributed by atoms with E-state index in [2.05, 4.69) is 33.6 Å². The third kappa shape index (κ3) is 3.58. The van der Waals surface area contributed by atoms with Gasteiger partial charge in [0.15, 0.2) is 0 Å². The van der Waals surface area contributed by atoms with Crippen LogP contribution in [0.4, 0.5) is 0 Å². The van der Waals surface area contributed by atoms with Gasteiger partial charge in [-0.15, -0.1) is 10.2 Å². The van der Waals surface area contributed by atoms with Crippen molar-refractivity contribution in [2.24, 2.45) is 11.3 Å². The molecule has 0 radical (unpaired) electrons. The summed E-state index contributed by atoms with van der Waals surface area (Å²) in [5.74, 6) is 1.99. The molecule has 1 atom stereocenters. The smallest absolute Gasteiger partial charge is 0.204 e. The first-order valence-corrected chi connectivity index (χ1v) is 11.2. The lowest BCUT2D eigenvalue weighted by molar-refractivity contribution is 0.203. The Bertz CT molecular complexity index is 1060. The number of halogens is 2. The third-order valence-corrected chi connectivity index (χ3v) is 7.70. The number of hydrogen-bond acceptors (Lipinski definition) is 4. The van der Waals surface area contributed by atoms with Gasteiger partial charge in [-0.2, -0.15) is 5.21 Å². The number of ether oxygens (including phenoxy) is 1. The van der Waals surface area contributed by atoms with Crippen LogP contribution in [-0.4, -0.2) is 20.6 Å². The normalized spacial score (nSPS) is 21.2. The molecule has 1 heterocycles. The number of nitrogens with zero attached hydrogens (tertiary/aromatic N) is 3. The van der Waals surface area contributed by atoms with Crippen molar-refractivity contribution in [1.29, 1.82) is 0 Å². The first-order valence-electron chi connectivity index (χ1n) is 10.5. The molecule has 0 bridgehead atoms. The zero-order valence-electron chi connectivity index (χ0n) is 16.9. The largest absolute Gasteiger partial charge is 0.487 e. The molecule has 156 valence electrons. The summed E-state index contributed by atoms with van der Waals surface area (Å²) in [7, 11) is 0. The number of fused-ring (bicyclic) bond motifs is 1. The molecular weight excluding hydrogens is 419 g/mol. The van der Waals surface area contributed by atoms with E-state index in [9.17, 15) is 0 Å². The third-order valence-electron chi connectivity index (χ3n) is 6.81. The highest BCUT2D eigenvalue weighted by Gasteiger charge is 2.42. The summed E-state index contributed by atoms with van der Waals surface area (Å²) < 4.78 is 6.11. The first-order chi connectivity index (χ1) is 14.5. The van der Waals surface area contributed by atoms with E-state index in [1.807, 2.05) is 24.3 Å². The SMILES string of the molecule is CC1(C2CCCC2)Cc2cc(OCc3cccc(-c4nn[nH]n4)c3)c(Cl)c(Cl)c2C1. The van der Waals surface area contributed by atoms with Crippen molar-refractivity contribution < 1.29 is 4.74 Å². The monoisotopic (exact) mass is 442 g/mol. The van der Waals surface area contributed by atoms with Crippen LogP contribution in [0.5, 0.6) is 5.75 Å². The van der Waals surface area contributed by atoms with Crippen LogP contribution >= 0.6 is 23.2 Å². The summed E-state index contributed by atoms with van der Waals surface area (Å²) in [6.07, 6.45) is 7.42. The molecule has 5 nitrogen and oxygen atoms in total. The molecule has 7 heteroatoms. The fraction of sp³-hybridized carbons (Fsp3) is 0.435. The summed E-state index contributed by atoms with van der Waals surface area (Å²) >= 11 is 13.3. The Morgan fingerprint density at radius 2 is 1.97 bits per heavy atom. The van der Waals surface area contributed by atoms with Crippen molar-refractivity contribution in [2.45, 2.75) is 52.1 Å². The molecule has 2 aliphatic rings. The molecule has 2 aliphatic carbocycles. The van der Waals surface area contributed by atoms with Gasteiger partial charge < -0.3 is 4.74 Å². The number of hydrogen-bond donors (Lipinski definition) is 1. The van der Waals surface area contributed by atoms with Crippen LogP contribution in [0.15, 0.2) is 30.3 Å². The van der Waals surface area contributed by atoms with Gasteiger partial charge in [0.05, 0.1) is 5.02 Å². The van der Waals surface area contributed by atoms with E-state index in [0.29, 0.717) is 28.2 Å². The second-order valence-electron chi connectivity index (χ2n) is 8.85. The zero-order valence-corrected chi connectivity index (χ0v) is 18.4. The Balaban J connectivity index is 1.36. The number of rotatable bonds is 5. The number of aromatic amines is 1. The summed E-state index contributed by atoms with van der Waals surface area (Å²) in [6.45, 7) is 2.80. The Morgan fingerprint density at radius 3 is 2.73 bits per heavy atom. The predicted octanol–water partition coefficient (Wildman–Crippen LogP) is 6.05. The lowest BCUT2D eigenvalue weighted by atomic mass is 9.74. The Kier molecular flexibility index (Phi) is 5.19. The predicted molar refractivity (Wildman–Crippen MR) is 118 cm³/mol. The lowest BCUT2D eigenvalue weighted by Gasteiger charge is -2.31. The number of tetrazole rings is 1. The van der Waals surface area contributed by atoms with Gasteiger partial charge in [0.2, 0.25) is 5.82 Å². The van der Waals surface area contributed by atoms with Crippen molar-refractivity contribution in [2.75, 3.05) is 0 Å². The van der Waals surface area contributed by atoms with Crippen LogP contribution in [0.25, 0.3) is 11.4 Å². The minimum atomic E-state index is 0.281. The van der Waals surface area contributed by atoms with E-state index >= 15 is 0 Å². The molecule has 1 N–H and O–H groups in total. The molecule has 1 unspecified atom stereocenters. The van der Waals surface area contributed by atoms with Crippen LogP contribution in [0, 0.1) is 11.3 Å². The van der Waals surface area contributed by atoms with Crippen molar-refractivity contribution in [1.82, 2.24) is 20.6 Å². The highest BCUT2D eigenvalue weighted by molar-refractivity contribution is 6.43. The number of benzene rings is 2. The van der Waals surface area contributed by atoms with Gasteiger partial charge >= 0.3 is 0 Å². The lowest BCUT2D eigenvalue weighted by Crippen LogP contribution is -2.26. The maximum Gasteiger partial charge on any atom is 0.204 e. The first kappa shape index (κ1) is 19.8. The van der Waals surface area contributed by atoms with E-state index in [-0.39, 0.29) is 5.41 Å². The van der Waals surface area contributed by atoms with Gasteiger partial charge in [-0.25, -0.2) is 0 Å². The Labute approximate surface area is 186 Å². The van der Waals surface area contributed by atoms with Crippen LogP contribution in [0.2, 0.25) is 10.0 Å². The fourth-order valence-electron chi connectivity index (χ4n) is 5.20. The maximum atomic E-state index is 6.71. The van der Waals surface area contributed by atoms with Crippen molar-refractivity contribution in [3.63, 3.8) is 0 Å². The van der Waals surface area contributed by atoms with Crippen molar-refractivity contribution in [3.05, 3.63) is 57.1 Å². The summed E-state index contributed by atoms with van der Waals surface area (Å²) in [5, 5.41) is 15.3. The van der Waals surface area contributed by atoms with E-state index in [0.717, 1.165) is 29.9 Å². The van der Waals surface area contributed by atoms with Crippen LogP contribution in [0.3, 0.4) is 0 Å². The molecule has 1 aromatic heterocycles. The molecular formula is C23H24Cl2N4O. The summed E-state index contributed by atoms with van der Waals surface area (Å²) in [6, 6.07) is 9.99. The standard InChI is InChI=1S/C23H24Cl2N4O/c1-23(17-7-2-3-8-17)11-16-10-19(21(25)20(24)18(16)12-23)30-13-14-5-4-6-15(9-14)22-26-28-29-27-22/h4-6,9-10,17H,2-3,7-8,11-13H2,1H3,(H,26,27,28,29). The minimum Gasteiger partial charge on any atom is -0.487 e. The highest BCUT2D eigenvalue weighted by atomic mass is 35.5. The zero-order chi connectivity index (χ0) is 20.7. The number of aromatic nitrogens is 4. The molecule has 30 heavy (non-hydrogen) atoms. The molecule has 1 fully saturated rings. The molecule has 1 saturated carbocycles. The van der Waals surface area contributed by atoms with Gasteiger partial charge in [-0.3, -0.25) is 0 Å². The quantitative estimate of drug-likeness (QED) is 0.522. The average molecular weight is 443 g/mol. The van der Waals surface area contributed by atoms with Crippen LogP contribution in [-0.2, 0) is 19.4 Å². The molecule has 0 saturated heterocycles. The van der Waals surface area contributed by atoms with Crippen molar-refractivity contribution in [3.8, 4) is 17.1 Å². The maximum absolute atomic E-state index is 6.71. The number of H-pyrrole nitrogens is 1. The molecule has 0 amide bonds. The van der Waals surface area contributed by atoms with Gasteiger partial charge in [-0.05, 0) is 71.1 Å². The molecule has 3 aromatic rings. The average Bonchev–Trinajstić information content (AvgIpc) is 3.51. The van der Waals surface area contributed by atoms with E-state index in [1.165, 1.54) is 36.8 Å². The van der Waals surface area contributed by atoms with Gasteiger partial charge in [-0.1, -0.05) is 61.2 Å². The topological polar surface area (TPSA) is 63.7 Å². The fourth-order valence-corrected chi connectivity index (χ4v) is 5.71. The summed E-state index contributed by atoms with van der Waals surface area (Å²) in [4.78, 5) is 0. The van der Waals surface area contributed by atoms with Gasteiger partial charge in [0.25, 0.3) is 0 Å². The highest BCUT2D eigenvalue weighted by Crippen LogP contribution is 2.52. The Morgan fingerprint density at radius 1 is 1.13 bits per heavy atom. The Hall–Kier alpha value is -2.11. The number of nitrogens with one attached hydrogen (secondary N) is 1. The molecule has 5 rings (SSSR count). The van der Waals surface area contributed by atoms with Crippen LogP contribution < -0.4 is 4.74 Å². The summed E-state index contributed by atoms with van der Waals surface area (Å²) in [5.41, 5.74) is 4.66. The van der Waals surface area contributed by atoms with Crippen molar-refractivity contribution >= 4 is 23.2 Å². The molecule has 2 aromatic carbocycles. The van der Waals surface area contributed by atoms with Crippen LogP contribution in [0.1, 0.15) is 49.3 Å². The van der Waals surface area contributed by atoms with Gasteiger partial charge in [0, 0.05) is 5.56 Å². The van der Waals surface area contributed by atoms with Gasteiger partial charge in [0.1, 0.15) is 17.4 Å².